The van der Waals surface area contributed by atoms with Crippen LogP contribution >= 0.6 is 11.6 Å². The molecule has 0 aliphatic carbocycles. The Morgan fingerprint density at radius 3 is 2.27 bits per heavy atom. The fraction of sp³-hybridized carbons (Fsp3) is 0.524. The predicted octanol–water partition coefficient (Wildman–Crippen LogP) is 8.37. The Kier molecular flexibility index (Phi) is 16.0. The Hall–Kier alpha value is -3.72. The van der Waals surface area contributed by atoms with Gasteiger partial charge < -0.3 is 38.6 Å². The second kappa shape index (κ2) is 20.6. The first-order chi connectivity index (χ1) is 26.8. The molecular weight excluding hydrogens is 760 g/mol. The Labute approximate surface area is 336 Å². The van der Waals surface area contributed by atoms with Crippen molar-refractivity contribution in [3.8, 4) is 0 Å². The van der Waals surface area contributed by atoms with E-state index in [4.69, 9.17) is 40.0 Å². The van der Waals surface area contributed by atoms with Crippen LogP contribution in [-0.4, -0.2) is 89.6 Å². The van der Waals surface area contributed by atoms with Crippen LogP contribution in [0.3, 0.4) is 0 Å². The molecule has 0 saturated carbocycles. The molecule has 3 atom stereocenters. The van der Waals surface area contributed by atoms with Crippen LogP contribution in [0.25, 0.3) is 0 Å². The lowest BCUT2D eigenvalue weighted by molar-refractivity contribution is -0.192. The van der Waals surface area contributed by atoms with Gasteiger partial charge >= 0.3 is 12.1 Å². The predicted molar refractivity (Wildman–Crippen MR) is 213 cm³/mol. The normalized spacial score (nSPS) is 18.2. The van der Waals surface area contributed by atoms with Crippen LogP contribution < -0.4 is 5.32 Å². The number of amides is 1. The van der Waals surface area contributed by atoms with E-state index in [0.29, 0.717) is 43.5 Å². The van der Waals surface area contributed by atoms with Gasteiger partial charge in [0.15, 0.2) is 12.6 Å². The number of anilines is 1. The Morgan fingerprint density at radius 2 is 1.62 bits per heavy atom. The van der Waals surface area contributed by atoms with Crippen molar-refractivity contribution in [3.05, 3.63) is 88.4 Å². The SMILES string of the molecule is CCOC(=O)c1cc(S(=O)(=O)c2ccc(CCN(C[C@H](OC3CCCCO3)c3cccc(Cl)c3)C(=O)OC(C)(C)C)cc2)ccc1NCCOC1CCCCO1. The summed E-state index contributed by atoms with van der Waals surface area (Å²) in [6.07, 6.45) is 4.32. The van der Waals surface area contributed by atoms with Gasteiger partial charge in [0.25, 0.3) is 0 Å². The molecule has 2 heterocycles. The molecule has 0 bridgehead atoms. The monoisotopic (exact) mass is 814 g/mol. The zero-order valence-corrected chi connectivity index (χ0v) is 34.4. The van der Waals surface area contributed by atoms with Crippen molar-refractivity contribution in [3.63, 3.8) is 0 Å². The van der Waals surface area contributed by atoms with E-state index in [-0.39, 0.29) is 41.3 Å². The minimum Gasteiger partial charge on any atom is -0.462 e. The number of halogens is 1. The largest absolute Gasteiger partial charge is 0.462 e. The number of benzene rings is 3. The summed E-state index contributed by atoms with van der Waals surface area (Å²) in [6.45, 7) is 9.72. The first-order valence-electron chi connectivity index (χ1n) is 19.4. The lowest BCUT2D eigenvalue weighted by Gasteiger charge is -2.33. The van der Waals surface area contributed by atoms with Gasteiger partial charge in [-0.15, -0.1) is 0 Å². The molecule has 2 aliphatic heterocycles. The van der Waals surface area contributed by atoms with E-state index in [1.165, 1.54) is 24.3 Å². The third kappa shape index (κ3) is 12.9. The number of carbonyl (C=O) groups excluding carboxylic acids is 2. The van der Waals surface area contributed by atoms with Crippen LogP contribution in [0, 0.1) is 0 Å². The second-order valence-corrected chi connectivity index (χ2v) is 17.2. The standard InChI is InChI=1S/C42H55ClN2O10S/c1-5-50-40(46)35-28-34(19-20-36(35)44-22-26-53-38-13-6-8-24-51-38)56(48,49)33-17-15-30(16-18-33)21-23-45(41(47)55-42(2,3)4)29-37(31-11-10-12-32(43)27-31)54-39-14-7-9-25-52-39/h10-12,15-20,27-28,37-39,44H,5-9,13-14,21-26,29H2,1-4H3/t37-,38?,39?/m0/s1. The molecule has 2 fully saturated rings. The molecule has 0 aromatic heterocycles. The van der Waals surface area contributed by atoms with Gasteiger partial charge in [0.05, 0.1) is 35.1 Å². The van der Waals surface area contributed by atoms with Gasteiger partial charge in [-0.05, 0) is 126 Å². The molecule has 0 spiro atoms. The third-order valence-electron chi connectivity index (χ3n) is 9.27. The van der Waals surface area contributed by atoms with E-state index in [1.807, 2.05) is 39.0 Å². The number of esters is 1. The number of nitrogens with one attached hydrogen (secondary N) is 1. The summed E-state index contributed by atoms with van der Waals surface area (Å²) >= 11 is 6.36. The summed E-state index contributed by atoms with van der Waals surface area (Å²) in [7, 11) is -4.01. The molecule has 12 nitrogen and oxygen atoms in total. The van der Waals surface area contributed by atoms with Crippen molar-refractivity contribution in [2.45, 2.75) is 107 Å². The molecule has 2 aliphatic rings. The fourth-order valence-electron chi connectivity index (χ4n) is 6.40. The van der Waals surface area contributed by atoms with Gasteiger partial charge in [-0.25, -0.2) is 18.0 Å². The highest BCUT2D eigenvalue weighted by atomic mass is 35.5. The number of hydrogen-bond acceptors (Lipinski definition) is 11. The lowest BCUT2D eigenvalue weighted by Crippen LogP contribution is -2.41. The molecule has 306 valence electrons. The Bertz CT molecular complexity index is 1840. The van der Waals surface area contributed by atoms with Crippen molar-refractivity contribution in [1.82, 2.24) is 4.90 Å². The van der Waals surface area contributed by atoms with E-state index in [9.17, 15) is 18.0 Å². The van der Waals surface area contributed by atoms with Gasteiger partial charge in [-0.3, -0.25) is 0 Å². The summed E-state index contributed by atoms with van der Waals surface area (Å²) in [4.78, 5) is 28.2. The molecule has 5 rings (SSSR count). The van der Waals surface area contributed by atoms with E-state index in [0.717, 1.165) is 49.7 Å². The number of nitrogens with zero attached hydrogens (tertiary/aromatic N) is 1. The molecule has 14 heteroatoms. The van der Waals surface area contributed by atoms with E-state index >= 15 is 0 Å². The average Bonchev–Trinajstić information content (AvgIpc) is 3.18. The number of ether oxygens (including phenoxy) is 6. The van der Waals surface area contributed by atoms with E-state index in [1.54, 1.807) is 36.1 Å². The molecule has 3 aromatic rings. The first kappa shape index (κ1) is 43.4. The maximum Gasteiger partial charge on any atom is 0.410 e. The highest BCUT2D eigenvalue weighted by Gasteiger charge is 2.29. The van der Waals surface area contributed by atoms with Crippen LogP contribution in [0.2, 0.25) is 5.02 Å². The highest BCUT2D eigenvalue weighted by Crippen LogP contribution is 2.29. The quantitative estimate of drug-likeness (QED) is 0.104. The Morgan fingerprint density at radius 1 is 0.929 bits per heavy atom. The molecule has 1 N–H and O–H groups in total. The van der Waals surface area contributed by atoms with Crippen LogP contribution in [0.4, 0.5) is 10.5 Å². The number of hydrogen-bond donors (Lipinski definition) is 1. The fourth-order valence-corrected chi connectivity index (χ4v) is 7.88. The highest BCUT2D eigenvalue weighted by molar-refractivity contribution is 7.91. The van der Waals surface area contributed by atoms with Crippen LogP contribution in [-0.2, 0) is 44.7 Å². The van der Waals surface area contributed by atoms with Gasteiger partial charge in [0.2, 0.25) is 9.84 Å². The minimum atomic E-state index is -4.01. The number of sulfone groups is 1. The minimum absolute atomic E-state index is 0.0455. The second-order valence-electron chi connectivity index (χ2n) is 14.8. The maximum atomic E-state index is 13.8. The molecule has 2 saturated heterocycles. The molecule has 3 aromatic carbocycles. The smallest absolute Gasteiger partial charge is 0.410 e. The molecule has 56 heavy (non-hydrogen) atoms. The summed E-state index contributed by atoms with van der Waals surface area (Å²) < 4.78 is 62.5. The molecular formula is C42H55ClN2O10S. The zero-order chi connectivity index (χ0) is 40.1. The topological polar surface area (TPSA) is 139 Å². The lowest BCUT2D eigenvalue weighted by atomic mass is 10.1. The summed E-state index contributed by atoms with van der Waals surface area (Å²) in [6, 6.07) is 18.2. The van der Waals surface area contributed by atoms with Crippen molar-refractivity contribution < 1.29 is 46.4 Å². The van der Waals surface area contributed by atoms with Crippen LogP contribution in [0.15, 0.2) is 76.5 Å². The van der Waals surface area contributed by atoms with Crippen LogP contribution in [0.5, 0.6) is 0 Å². The van der Waals surface area contributed by atoms with Crippen molar-refractivity contribution >= 4 is 39.2 Å². The van der Waals surface area contributed by atoms with Crippen molar-refractivity contribution in [1.29, 1.82) is 0 Å². The van der Waals surface area contributed by atoms with Crippen molar-refractivity contribution in [2.24, 2.45) is 0 Å². The van der Waals surface area contributed by atoms with E-state index < -0.39 is 39.9 Å². The molecule has 1 amide bonds. The third-order valence-corrected chi connectivity index (χ3v) is 11.3. The zero-order valence-electron chi connectivity index (χ0n) is 32.8. The molecule has 2 unspecified atom stereocenters. The van der Waals surface area contributed by atoms with Gasteiger partial charge in [0.1, 0.15) is 11.7 Å². The van der Waals surface area contributed by atoms with Crippen molar-refractivity contribution in [2.75, 3.05) is 51.4 Å². The summed E-state index contributed by atoms with van der Waals surface area (Å²) in [5, 5.41) is 3.72. The first-order valence-corrected chi connectivity index (χ1v) is 21.3. The van der Waals surface area contributed by atoms with E-state index in [2.05, 4.69) is 5.32 Å². The van der Waals surface area contributed by atoms with Crippen LogP contribution in [0.1, 0.15) is 93.8 Å². The Balaban J connectivity index is 1.29. The van der Waals surface area contributed by atoms with Gasteiger partial charge in [-0.1, -0.05) is 35.9 Å². The average molecular weight is 815 g/mol. The summed E-state index contributed by atoms with van der Waals surface area (Å²) in [5.41, 5.74) is 1.43. The van der Waals surface area contributed by atoms with Gasteiger partial charge in [0, 0.05) is 37.0 Å². The molecule has 0 radical (unpaired) electrons. The maximum absolute atomic E-state index is 13.8. The summed E-state index contributed by atoms with van der Waals surface area (Å²) in [5.74, 6) is -0.636. The van der Waals surface area contributed by atoms with Gasteiger partial charge in [-0.2, -0.15) is 0 Å². The number of rotatable bonds is 17. The number of carbonyl (C=O) groups is 2.